The Labute approximate surface area is 134 Å². The zero-order valence-corrected chi connectivity index (χ0v) is 13.4. The van der Waals surface area contributed by atoms with Crippen LogP contribution in [0.1, 0.15) is 29.8 Å². The van der Waals surface area contributed by atoms with Crippen molar-refractivity contribution in [1.82, 2.24) is 0 Å². The molecule has 0 heterocycles. The monoisotopic (exact) mass is 314 g/mol. The molecule has 4 heteroatoms. The van der Waals surface area contributed by atoms with E-state index < -0.39 is 0 Å². The molecule has 0 bridgehead atoms. The van der Waals surface area contributed by atoms with Gasteiger partial charge in [0.2, 0.25) is 0 Å². The van der Waals surface area contributed by atoms with Gasteiger partial charge in [0.05, 0.1) is 0 Å². The number of ketones is 1. The predicted molar refractivity (Wildman–Crippen MR) is 89.3 cm³/mol. The molecule has 0 N–H and O–H groups in total. The minimum atomic E-state index is -0.304. The molecule has 3 nitrogen and oxygen atoms in total. The number of esters is 1. The molecule has 114 valence electrons. The first-order chi connectivity index (χ1) is 10.6. The van der Waals surface area contributed by atoms with Crippen LogP contribution < -0.4 is 4.74 Å². The Bertz CT molecular complexity index is 652. The summed E-state index contributed by atoms with van der Waals surface area (Å²) in [5.74, 6) is 0.806. The summed E-state index contributed by atoms with van der Waals surface area (Å²) in [5, 5.41) is -0.277. The summed E-state index contributed by atoms with van der Waals surface area (Å²) in [5.41, 5.74) is 1.71. The lowest BCUT2D eigenvalue weighted by Crippen LogP contribution is -2.20. The summed E-state index contributed by atoms with van der Waals surface area (Å²) in [6.07, 6.45) is 0. The van der Waals surface area contributed by atoms with Crippen molar-refractivity contribution in [1.29, 1.82) is 0 Å². The molecular weight excluding hydrogens is 296 g/mol. The quantitative estimate of drug-likeness (QED) is 0.457. The van der Waals surface area contributed by atoms with E-state index in [1.165, 1.54) is 24.2 Å². The van der Waals surface area contributed by atoms with E-state index in [1.807, 2.05) is 37.3 Å². The van der Waals surface area contributed by atoms with Gasteiger partial charge in [0.25, 0.3) is 0 Å². The summed E-state index contributed by atoms with van der Waals surface area (Å²) in [6.45, 7) is 3.31. The van der Waals surface area contributed by atoms with Gasteiger partial charge in [-0.25, -0.2) is 0 Å². The second-order valence-corrected chi connectivity index (χ2v) is 6.27. The average molecular weight is 314 g/mol. The molecule has 0 aromatic heterocycles. The highest BCUT2D eigenvalue weighted by Crippen LogP contribution is 2.21. The van der Waals surface area contributed by atoms with E-state index in [4.69, 9.17) is 4.74 Å². The maximum atomic E-state index is 12.1. The van der Waals surface area contributed by atoms with Gasteiger partial charge < -0.3 is 4.74 Å². The number of rotatable bonds is 6. The van der Waals surface area contributed by atoms with Crippen LogP contribution in [0.2, 0.25) is 0 Å². The number of ether oxygens (including phenoxy) is 1. The molecule has 0 saturated heterocycles. The van der Waals surface area contributed by atoms with Gasteiger partial charge >= 0.3 is 5.97 Å². The predicted octanol–water partition coefficient (Wildman–Crippen LogP) is 4.12. The Morgan fingerprint density at radius 1 is 1.09 bits per heavy atom. The Morgan fingerprint density at radius 3 is 2.50 bits per heavy atom. The maximum absolute atomic E-state index is 12.1. The number of Topliss-reactive ketones (excluding diaryl/α,β-unsaturated/α-hetero) is 1. The van der Waals surface area contributed by atoms with Gasteiger partial charge in [0.1, 0.15) is 11.0 Å². The highest BCUT2D eigenvalue weighted by molar-refractivity contribution is 7.99. The third-order valence-electron chi connectivity index (χ3n) is 3.13. The SMILES string of the molecule is CC(=O)c1cccc(OC(=O)C(C)SCc2ccccc2)c1. The zero-order chi connectivity index (χ0) is 15.9. The number of benzene rings is 2. The third kappa shape index (κ3) is 4.74. The lowest BCUT2D eigenvalue weighted by atomic mass is 10.1. The summed E-state index contributed by atoms with van der Waals surface area (Å²) in [6, 6.07) is 16.7. The van der Waals surface area contributed by atoms with Crippen LogP contribution in [0, 0.1) is 0 Å². The largest absolute Gasteiger partial charge is 0.426 e. The summed E-state index contributed by atoms with van der Waals surface area (Å²) in [7, 11) is 0. The Kier molecular flexibility index (Phi) is 5.78. The Hall–Kier alpha value is -2.07. The van der Waals surface area contributed by atoms with Crippen molar-refractivity contribution in [3.63, 3.8) is 0 Å². The van der Waals surface area contributed by atoms with Gasteiger partial charge in [-0.3, -0.25) is 9.59 Å². The highest BCUT2D eigenvalue weighted by atomic mass is 32.2. The maximum Gasteiger partial charge on any atom is 0.324 e. The summed E-state index contributed by atoms with van der Waals surface area (Å²) < 4.78 is 5.34. The molecule has 22 heavy (non-hydrogen) atoms. The van der Waals surface area contributed by atoms with Crippen molar-refractivity contribution in [2.24, 2.45) is 0 Å². The highest BCUT2D eigenvalue weighted by Gasteiger charge is 2.16. The lowest BCUT2D eigenvalue weighted by molar-refractivity contribution is -0.133. The molecular formula is C18H18O3S. The average Bonchev–Trinajstić information content (AvgIpc) is 2.53. The summed E-state index contributed by atoms with van der Waals surface area (Å²) >= 11 is 1.53. The van der Waals surface area contributed by atoms with Gasteiger partial charge in [0.15, 0.2) is 5.78 Å². The first-order valence-electron chi connectivity index (χ1n) is 7.04. The van der Waals surface area contributed by atoms with E-state index in [-0.39, 0.29) is 17.0 Å². The van der Waals surface area contributed by atoms with Crippen molar-refractivity contribution in [2.75, 3.05) is 0 Å². The Balaban J connectivity index is 1.91. The first-order valence-corrected chi connectivity index (χ1v) is 8.09. The second kappa shape index (κ2) is 7.80. The normalized spacial score (nSPS) is 11.7. The van der Waals surface area contributed by atoms with E-state index in [2.05, 4.69) is 0 Å². The second-order valence-electron chi connectivity index (χ2n) is 4.94. The van der Waals surface area contributed by atoms with Crippen LogP contribution in [-0.2, 0) is 10.5 Å². The van der Waals surface area contributed by atoms with E-state index >= 15 is 0 Å². The topological polar surface area (TPSA) is 43.4 Å². The van der Waals surface area contributed by atoms with Crippen LogP contribution >= 0.6 is 11.8 Å². The van der Waals surface area contributed by atoms with Gasteiger partial charge in [0, 0.05) is 11.3 Å². The molecule has 0 saturated carbocycles. The zero-order valence-electron chi connectivity index (χ0n) is 12.6. The molecule has 0 radical (unpaired) electrons. The van der Waals surface area contributed by atoms with Gasteiger partial charge in [-0.05, 0) is 31.5 Å². The van der Waals surface area contributed by atoms with Crippen LogP contribution in [0.4, 0.5) is 0 Å². The number of carbonyl (C=O) groups excluding carboxylic acids is 2. The number of hydrogen-bond acceptors (Lipinski definition) is 4. The van der Waals surface area contributed by atoms with Gasteiger partial charge in [-0.2, -0.15) is 0 Å². The van der Waals surface area contributed by atoms with Crippen LogP contribution in [0.15, 0.2) is 54.6 Å². The molecule has 1 unspecified atom stereocenters. The number of carbonyl (C=O) groups is 2. The smallest absolute Gasteiger partial charge is 0.324 e. The number of thioether (sulfide) groups is 1. The standard InChI is InChI=1S/C18H18O3S/c1-13(19)16-9-6-10-17(11-16)21-18(20)14(2)22-12-15-7-4-3-5-8-15/h3-11,14H,12H2,1-2H3. The summed E-state index contributed by atoms with van der Waals surface area (Å²) in [4.78, 5) is 23.4. The molecule has 2 rings (SSSR count). The van der Waals surface area contributed by atoms with Gasteiger partial charge in [-0.15, -0.1) is 11.8 Å². The fraction of sp³-hybridized carbons (Fsp3) is 0.222. The van der Waals surface area contributed by atoms with Crippen molar-refractivity contribution >= 4 is 23.5 Å². The first kappa shape index (κ1) is 16.3. The molecule has 2 aromatic rings. The van der Waals surface area contributed by atoms with E-state index in [0.29, 0.717) is 11.3 Å². The molecule has 0 aliphatic heterocycles. The van der Waals surface area contributed by atoms with E-state index in [9.17, 15) is 9.59 Å². The van der Waals surface area contributed by atoms with Crippen molar-refractivity contribution < 1.29 is 14.3 Å². The van der Waals surface area contributed by atoms with Crippen LogP contribution in [0.25, 0.3) is 0 Å². The lowest BCUT2D eigenvalue weighted by Gasteiger charge is -2.11. The van der Waals surface area contributed by atoms with E-state index in [1.54, 1.807) is 24.3 Å². The van der Waals surface area contributed by atoms with Gasteiger partial charge in [-0.1, -0.05) is 42.5 Å². The molecule has 2 aromatic carbocycles. The molecule has 0 aliphatic rings. The van der Waals surface area contributed by atoms with Crippen LogP contribution in [0.5, 0.6) is 5.75 Å². The van der Waals surface area contributed by atoms with Crippen molar-refractivity contribution in [3.8, 4) is 5.75 Å². The third-order valence-corrected chi connectivity index (χ3v) is 4.33. The minimum Gasteiger partial charge on any atom is -0.426 e. The molecule has 0 aliphatic carbocycles. The Morgan fingerprint density at radius 2 is 1.82 bits per heavy atom. The number of hydrogen-bond donors (Lipinski definition) is 0. The van der Waals surface area contributed by atoms with E-state index in [0.717, 1.165) is 5.75 Å². The molecule has 0 spiro atoms. The van der Waals surface area contributed by atoms with Crippen LogP contribution in [-0.4, -0.2) is 17.0 Å². The molecule has 0 fully saturated rings. The van der Waals surface area contributed by atoms with Crippen LogP contribution in [0.3, 0.4) is 0 Å². The fourth-order valence-electron chi connectivity index (χ4n) is 1.84. The minimum absolute atomic E-state index is 0.0515. The van der Waals surface area contributed by atoms with Crippen molar-refractivity contribution in [3.05, 3.63) is 65.7 Å². The van der Waals surface area contributed by atoms with Crippen molar-refractivity contribution in [2.45, 2.75) is 24.9 Å². The fourth-order valence-corrected chi connectivity index (χ4v) is 2.66. The molecule has 0 amide bonds. The molecule has 1 atom stereocenters.